The molecule has 1 rings (SSSR count). The molecule has 2 N–H and O–H groups in total. The number of halogens is 3. The molecule has 0 heterocycles. The van der Waals surface area contributed by atoms with Crippen LogP contribution in [0, 0.1) is 6.92 Å². The first-order valence-corrected chi connectivity index (χ1v) is 8.05. The minimum absolute atomic E-state index is 0.273. The molecule has 0 saturated carbocycles. The van der Waals surface area contributed by atoms with Gasteiger partial charge in [-0.05, 0) is 30.5 Å². The standard InChI is InChI=1S/C17H25F3N4O2/c1-12-5-6-13(9-14(12)26-4)7-8-22-16(21-2)23-10-15(25)24(3)11-17(18,19)20/h5-6,9H,7-8,10-11H2,1-4H3,(H2,21,22,23). The second-order valence-corrected chi connectivity index (χ2v) is 5.77. The van der Waals surface area contributed by atoms with Crippen LogP contribution in [0.2, 0.25) is 0 Å². The summed E-state index contributed by atoms with van der Waals surface area (Å²) in [5, 5.41) is 5.73. The largest absolute Gasteiger partial charge is 0.496 e. The number of nitrogens with zero attached hydrogens (tertiary/aromatic N) is 2. The van der Waals surface area contributed by atoms with Crippen LogP contribution in [-0.2, 0) is 11.2 Å². The molecular formula is C17H25F3N4O2. The topological polar surface area (TPSA) is 66.0 Å². The van der Waals surface area contributed by atoms with Crippen molar-refractivity contribution >= 4 is 11.9 Å². The van der Waals surface area contributed by atoms with Crippen molar-refractivity contribution in [3.05, 3.63) is 29.3 Å². The van der Waals surface area contributed by atoms with Crippen LogP contribution in [0.4, 0.5) is 13.2 Å². The van der Waals surface area contributed by atoms with E-state index in [1.54, 1.807) is 7.11 Å². The van der Waals surface area contributed by atoms with Crippen LogP contribution in [0.3, 0.4) is 0 Å². The van der Waals surface area contributed by atoms with Crippen molar-refractivity contribution in [3.63, 3.8) is 0 Å². The molecule has 0 fully saturated rings. The molecule has 0 atom stereocenters. The molecule has 0 aliphatic heterocycles. The number of guanidine groups is 1. The highest BCUT2D eigenvalue weighted by atomic mass is 19.4. The van der Waals surface area contributed by atoms with Gasteiger partial charge in [-0.3, -0.25) is 9.79 Å². The predicted molar refractivity (Wildman–Crippen MR) is 94.5 cm³/mol. The molecule has 26 heavy (non-hydrogen) atoms. The maximum atomic E-state index is 12.3. The molecule has 6 nitrogen and oxygen atoms in total. The molecule has 0 bridgehead atoms. The molecule has 0 aliphatic carbocycles. The Labute approximate surface area is 151 Å². The highest BCUT2D eigenvalue weighted by molar-refractivity contribution is 5.86. The van der Waals surface area contributed by atoms with Gasteiger partial charge in [-0.25, -0.2) is 0 Å². The van der Waals surface area contributed by atoms with Crippen molar-refractivity contribution in [2.24, 2.45) is 4.99 Å². The van der Waals surface area contributed by atoms with Gasteiger partial charge in [-0.1, -0.05) is 12.1 Å². The third-order valence-corrected chi connectivity index (χ3v) is 3.65. The van der Waals surface area contributed by atoms with Crippen molar-refractivity contribution in [2.45, 2.75) is 19.5 Å². The number of hydrogen-bond donors (Lipinski definition) is 2. The SMILES string of the molecule is CN=C(NCCc1ccc(C)c(OC)c1)NCC(=O)N(C)CC(F)(F)F. The Morgan fingerprint density at radius 1 is 1.31 bits per heavy atom. The van der Waals surface area contributed by atoms with Crippen LogP contribution in [0.15, 0.2) is 23.2 Å². The highest BCUT2D eigenvalue weighted by Crippen LogP contribution is 2.19. The monoisotopic (exact) mass is 374 g/mol. The summed E-state index contributed by atoms with van der Waals surface area (Å²) < 4.78 is 42.1. The fraction of sp³-hybridized carbons (Fsp3) is 0.529. The van der Waals surface area contributed by atoms with Gasteiger partial charge in [0.1, 0.15) is 12.3 Å². The summed E-state index contributed by atoms with van der Waals surface area (Å²) in [5.41, 5.74) is 2.11. The minimum Gasteiger partial charge on any atom is -0.496 e. The Bertz CT molecular complexity index is 633. The van der Waals surface area contributed by atoms with Crippen LogP contribution in [0.25, 0.3) is 0 Å². The van der Waals surface area contributed by atoms with E-state index in [0.29, 0.717) is 23.8 Å². The minimum atomic E-state index is -4.42. The number of amides is 1. The lowest BCUT2D eigenvalue weighted by Crippen LogP contribution is -2.45. The first-order valence-electron chi connectivity index (χ1n) is 8.05. The average Bonchev–Trinajstić information content (AvgIpc) is 2.57. The predicted octanol–water partition coefficient (Wildman–Crippen LogP) is 1.73. The summed E-state index contributed by atoms with van der Waals surface area (Å²) in [5.74, 6) is 0.481. The van der Waals surface area contributed by atoms with Gasteiger partial charge in [-0.15, -0.1) is 0 Å². The van der Waals surface area contributed by atoms with Gasteiger partial charge in [0.2, 0.25) is 5.91 Å². The molecule has 0 saturated heterocycles. The lowest BCUT2D eigenvalue weighted by Gasteiger charge is -2.20. The maximum Gasteiger partial charge on any atom is 0.406 e. The highest BCUT2D eigenvalue weighted by Gasteiger charge is 2.31. The average molecular weight is 374 g/mol. The molecule has 146 valence electrons. The number of alkyl halides is 3. The second-order valence-electron chi connectivity index (χ2n) is 5.77. The van der Waals surface area contributed by atoms with Gasteiger partial charge in [0.15, 0.2) is 5.96 Å². The summed E-state index contributed by atoms with van der Waals surface area (Å²) in [6, 6.07) is 5.91. The number of aryl methyl sites for hydroxylation is 1. The smallest absolute Gasteiger partial charge is 0.406 e. The quantitative estimate of drug-likeness (QED) is 0.564. The lowest BCUT2D eigenvalue weighted by atomic mass is 10.1. The molecule has 1 amide bonds. The van der Waals surface area contributed by atoms with Gasteiger partial charge in [0, 0.05) is 20.6 Å². The summed E-state index contributed by atoms with van der Waals surface area (Å²) in [4.78, 5) is 16.3. The molecule has 1 aromatic rings. The molecule has 0 aliphatic rings. The molecule has 0 radical (unpaired) electrons. The zero-order valence-electron chi connectivity index (χ0n) is 15.4. The molecule has 1 aromatic carbocycles. The van der Waals surface area contributed by atoms with E-state index in [-0.39, 0.29) is 6.54 Å². The number of hydrogen-bond acceptors (Lipinski definition) is 3. The fourth-order valence-electron chi connectivity index (χ4n) is 2.22. The Morgan fingerprint density at radius 2 is 2.00 bits per heavy atom. The van der Waals surface area contributed by atoms with Crippen LogP contribution >= 0.6 is 0 Å². The van der Waals surface area contributed by atoms with Gasteiger partial charge in [0.05, 0.1) is 13.7 Å². The van der Waals surface area contributed by atoms with E-state index in [0.717, 1.165) is 23.9 Å². The van der Waals surface area contributed by atoms with E-state index in [1.807, 2.05) is 25.1 Å². The van der Waals surface area contributed by atoms with E-state index >= 15 is 0 Å². The summed E-state index contributed by atoms with van der Waals surface area (Å²) >= 11 is 0. The number of rotatable bonds is 7. The molecule has 0 spiro atoms. The van der Waals surface area contributed by atoms with Gasteiger partial charge >= 0.3 is 6.18 Å². The maximum absolute atomic E-state index is 12.3. The lowest BCUT2D eigenvalue weighted by molar-refractivity contribution is -0.157. The van der Waals surface area contributed by atoms with Crippen molar-refractivity contribution in [3.8, 4) is 5.75 Å². The van der Waals surface area contributed by atoms with Crippen molar-refractivity contribution in [1.82, 2.24) is 15.5 Å². The van der Waals surface area contributed by atoms with E-state index in [4.69, 9.17) is 4.74 Å². The summed E-state index contributed by atoms with van der Waals surface area (Å²) in [7, 11) is 4.25. The van der Waals surface area contributed by atoms with Crippen molar-refractivity contribution in [1.29, 1.82) is 0 Å². The Hall–Kier alpha value is -2.45. The molecule has 9 heteroatoms. The van der Waals surface area contributed by atoms with E-state index in [1.165, 1.54) is 7.05 Å². The van der Waals surface area contributed by atoms with E-state index in [2.05, 4.69) is 15.6 Å². The number of aliphatic imine (C=N–C) groups is 1. The number of nitrogens with one attached hydrogen (secondary N) is 2. The van der Waals surface area contributed by atoms with Crippen LogP contribution in [0.5, 0.6) is 5.75 Å². The number of carbonyl (C=O) groups is 1. The third kappa shape index (κ3) is 7.62. The first-order chi connectivity index (χ1) is 12.2. The second kappa shape index (κ2) is 9.88. The van der Waals surface area contributed by atoms with E-state index < -0.39 is 18.6 Å². The summed E-state index contributed by atoms with van der Waals surface area (Å²) in [6.07, 6.45) is -3.72. The fourth-order valence-corrected chi connectivity index (χ4v) is 2.22. The molecular weight excluding hydrogens is 349 g/mol. The van der Waals surface area contributed by atoms with Gasteiger partial charge in [-0.2, -0.15) is 13.2 Å². The third-order valence-electron chi connectivity index (χ3n) is 3.65. The number of ether oxygens (including phenoxy) is 1. The molecule has 0 unspecified atom stereocenters. The van der Waals surface area contributed by atoms with Crippen LogP contribution < -0.4 is 15.4 Å². The van der Waals surface area contributed by atoms with Crippen LogP contribution in [0.1, 0.15) is 11.1 Å². The summed E-state index contributed by atoms with van der Waals surface area (Å²) in [6.45, 7) is 0.942. The van der Waals surface area contributed by atoms with Crippen LogP contribution in [-0.4, -0.2) is 63.8 Å². The van der Waals surface area contributed by atoms with Gasteiger partial charge in [0.25, 0.3) is 0 Å². The van der Waals surface area contributed by atoms with Crippen molar-refractivity contribution in [2.75, 3.05) is 40.8 Å². The zero-order chi connectivity index (χ0) is 19.7. The number of carbonyl (C=O) groups excluding carboxylic acids is 1. The first kappa shape index (κ1) is 21.6. The zero-order valence-corrected chi connectivity index (χ0v) is 15.4. The number of benzene rings is 1. The number of likely N-dealkylation sites (N-methyl/N-ethyl adjacent to an activating group) is 1. The molecule has 0 aromatic heterocycles. The Morgan fingerprint density at radius 3 is 2.58 bits per heavy atom. The Kier molecular flexibility index (Phi) is 8.21. The van der Waals surface area contributed by atoms with Crippen molar-refractivity contribution < 1.29 is 22.7 Å². The van der Waals surface area contributed by atoms with E-state index in [9.17, 15) is 18.0 Å². The Balaban J connectivity index is 2.43. The van der Waals surface area contributed by atoms with Gasteiger partial charge < -0.3 is 20.3 Å². The normalized spacial score (nSPS) is 11.9. The number of methoxy groups -OCH3 is 1.